The molecule has 0 saturated heterocycles. The van der Waals surface area contributed by atoms with Crippen molar-refractivity contribution in [3.63, 3.8) is 0 Å². The van der Waals surface area contributed by atoms with E-state index >= 15 is 0 Å². The predicted molar refractivity (Wildman–Crippen MR) is 76.7 cm³/mol. The molecule has 0 aliphatic carbocycles. The van der Waals surface area contributed by atoms with Crippen molar-refractivity contribution in [3.05, 3.63) is 71.7 Å². The molecule has 2 aromatic heterocycles. The molecule has 2 N–H and O–H groups in total. The van der Waals surface area contributed by atoms with Crippen LogP contribution in [0.4, 0.5) is 0 Å². The molecule has 2 heterocycles. The molecule has 3 heteroatoms. The van der Waals surface area contributed by atoms with Crippen molar-refractivity contribution in [1.82, 2.24) is 9.97 Å². The Morgan fingerprint density at radius 1 is 1.00 bits per heavy atom. The van der Waals surface area contributed by atoms with Crippen molar-refractivity contribution < 1.29 is 0 Å². The van der Waals surface area contributed by atoms with Crippen LogP contribution in [0.15, 0.2) is 54.9 Å². The lowest BCUT2D eigenvalue weighted by atomic mass is 9.99. The first-order chi connectivity index (χ1) is 9.25. The lowest BCUT2D eigenvalue weighted by molar-refractivity contribution is 0.819. The van der Waals surface area contributed by atoms with Gasteiger partial charge in [-0.2, -0.15) is 0 Å². The summed E-state index contributed by atoms with van der Waals surface area (Å²) < 4.78 is 0. The predicted octanol–water partition coefficient (Wildman–Crippen LogP) is 2.99. The summed E-state index contributed by atoms with van der Waals surface area (Å²) in [6.45, 7) is 2.03. The summed E-state index contributed by atoms with van der Waals surface area (Å²) in [5, 5.41) is 1.10. The van der Waals surface area contributed by atoms with Crippen LogP contribution in [0.5, 0.6) is 0 Å². The number of aryl methyl sites for hydroxylation is 1. The minimum Gasteiger partial charge on any atom is -0.319 e. The Bertz CT molecular complexity index is 722. The topological polar surface area (TPSA) is 51.8 Å². The van der Waals surface area contributed by atoms with E-state index < -0.39 is 0 Å². The molecule has 0 aliphatic heterocycles. The standard InChI is InChI=1S/C16H15N3/c1-11-4-2-9-19-16(11)15(17)13-6-7-14-12(10-13)5-3-8-18-14/h2-10,15H,17H2,1H3. The van der Waals surface area contributed by atoms with E-state index in [0.717, 1.165) is 27.7 Å². The first-order valence-electron chi connectivity index (χ1n) is 6.27. The molecule has 94 valence electrons. The molecule has 1 unspecified atom stereocenters. The van der Waals surface area contributed by atoms with Crippen LogP contribution in [0.2, 0.25) is 0 Å². The average molecular weight is 249 g/mol. The first kappa shape index (κ1) is 11.8. The summed E-state index contributed by atoms with van der Waals surface area (Å²) in [6.07, 6.45) is 3.58. The van der Waals surface area contributed by atoms with Crippen LogP contribution in [0.25, 0.3) is 10.9 Å². The Morgan fingerprint density at radius 2 is 1.79 bits per heavy atom. The van der Waals surface area contributed by atoms with Crippen molar-refractivity contribution in [2.24, 2.45) is 5.73 Å². The smallest absolute Gasteiger partial charge is 0.0729 e. The second-order valence-electron chi connectivity index (χ2n) is 4.64. The van der Waals surface area contributed by atoms with Crippen LogP contribution in [-0.2, 0) is 0 Å². The van der Waals surface area contributed by atoms with Crippen molar-refractivity contribution in [2.45, 2.75) is 13.0 Å². The Balaban J connectivity index is 2.07. The van der Waals surface area contributed by atoms with E-state index in [1.165, 1.54) is 0 Å². The molecule has 19 heavy (non-hydrogen) atoms. The summed E-state index contributed by atoms with van der Waals surface area (Å²) in [4.78, 5) is 8.71. The first-order valence-corrected chi connectivity index (χ1v) is 6.27. The van der Waals surface area contributed by atoms with Crippen LogP contribution in [0.3, 0.4) is 0 Å². The molecule has 0 amide bonds. The molecule has 3 nitrogen and oxygen atoms in total. The van der Waals surface area contributed by atoms with Crippen LogP contribution in [0, 0.1) is 6.92 Å². The third-order valence-electron chi connectivity index (χ3n) is 3.33. The molecular formula is C16H15N3. The van der Waals surface area contributed by atoms with E-state index in [9.17, 15) is 0 Å². The maximum atomic E-state index is 6.33. The van der Waals surface area contributed by atoms with Crippen LogP contribution in [0.1, 0.15) is 22.9 Å². The number of nitrogens with two attached hydrogens (primary N) is 1. The van der Waals surface area contributed by atoms with Gasteiger partial charge in [0.2, 0.25) is 0 Å². The lowest BCUT2D eigenvalue weighted by Gasteiger charge is -2.14. The molecule has 1 aromatic carbocycles. The van der Waals surface area contributed by atoms with E-state index in [1.807, 2.05) is 43.3 Å². The van der Waals surface area contributed by atoms with E-state index in [0.29, 0.717) is 0 Å². The third-order valence-corrected chi connectivity index (χ3v) is 3.33. The maximum absolute atomic E-state index is 6.33. The maximum Gasteiger partial charge on any atom is 0.0729 e. The van der Waals surface area contributed by atoms with Crippen molar-refractivity contribution in [1.29, 1.82) is 0 Å². The van der Waals surface area contributed by atoms with Gasteiger partial charge in [0.25, 0.3) is 0 Å². The van der Waals surface area contributed by atoms with Gasteiger partial charge in [0, 0.05) is 17.8 Å². The van der Waals surface area contributed by atoms with Gasteiger partial charge in [0.05, 0.1) is 17.3 Å². The normalized spacial score (nSPS) is 12.5. The lowest BCUT2D eigenvalue weighted by Crippen LogP contribution is -2.14. The highest BCUT2D eigenvalue weighted by molar-refractivity contribution is 5.79. The summed E-state index contributed by atoms with van der Waals surface area (Å²) in [7, 11) is 0. The van der Waals surface area contributed by atoms with Gasteiger partial charge in [-0.05, 0) is 42.3 Å². The van der Waals surface area contributed by atoms with Crippen LogP contribution in [-0.4, -0.2) is 9.97 Å². The van der Waals surface area contributed by atoms with Crippen LogP contribution < -0.4 is 5.73 Å². The third kappa shape index (κ3) is 2.20. The average Bonchev–Trinajstić information content (AvgIpc) is 2.46. The fraction of sp³-hybridized carbons (Fsp3) is 0.125. The second kappa shape index (κ2) is 4.78. The van der Waals surface area contributed by atoms with E-state index in [-0.39, 0.29) is 6.04 Å². The van der Waals surface area contributed by atoms with Crippen molar-refractivity contribution in [2.75, 3.05) is 0 Å². The Morgan fingerprint density at radius 3 is 2.63 bits per heavy atom. The van der Waals surface area contributed by atoms with Gasteiger partial charge in [-0.25, -0.2) is 0 Å². The molecule has 0 saturated carbocycles. The fourth-order valence-electron chi connectivity index (χ4n) is 2.27. The number of hydrogen-bond donors (Lipinski definition) is 1. The largest absolute Gasteiger partial charge is 0.319 e. The zero-order chi connectivity index (χ0) is 13.2. The Labute approximate surface area is 112 Å². The van der Waals surface area contributed by atoms with Gasteiger partial charge >= 0.3 is 0 Å². The zero-order valence-electron chi connectivity index (χ0n) is 10.7. The van der Waals surface area contributed by atoms with Crippen molar-refractivity contribution >= 4 is 10.9 Å². The number of aromatic nitrogens is 2. The fourth-order valence-corrected chi connectivity index (χ4v) is 2.27. The summed E-state index contributed by atoms with van der Waals surface area (Å²) in [6, 6.07) is 13.8. The van der Waals surface area contributed by atoms with Gasteiger partial charge in [-0.15, -0.1) is 0 Å². The number of fused-ring (bicyclic) bond motifs is 1. The van der Waals surface area contributed by atoms with E-state index in [4.69, 9.17) is 5.73 Å². The molecule has 1 atom stereocenters. The van der Waals surface area contributed by atoms with E-state index in [2.05, 4.69) is 16.0 Å². The highest BCUT2D eigenvalue weighted by Gasteiger charge is 2.12. The molecule has 0 bridgehead atoms. The van der Waals surface area contributed by atoms with Gasteiger partial charge in [-0.3, -0.25) is 9.97 Å². The minimum absolute atomic E-state index is 0.203. The SMILES string of the molecule is Cc1cccnc1C(N)c1ccc2ncccc2c1. The molecule has 0 radical (unpaired) electrons. The van der Waals surface area contributed by atoms with Gasteiger partial charge in [0.1, 0.15) is 0 Å². The number of rotatable bonds is 2. The van der Waals surface area contributed by atoms with Gasteiger partial charge in [0.15, 0.2) is 0 Å². The highest BCUT2D eigenvalue weighted by atomic mass is 14.8. The molecule has 3 rings (SSSR count). The second-order valence-corrected chi connectivity index (χ2v) is 4.64. The quantitative estimate of drug-likeness (QED) is 0.759. The Kier molecular flexibility index (Phi) is 2.97. The number of pyridine rings is 2. The molecule has 3 aromatic rings. The summed E-state index contributed by atoms with van der Waals surface area (Å²) in [5.41, 5.74) is 10.4. The molecule has 0 aliphatic rings. The molecule has 0 spiro atoms. The van der Waals surface area contributed by atoms with Gasteiger partial charge in [-0.1, -0.05) is 18.2 Å². The monoisotopic (exact) mass is 249 g/mol. The number of nitrogens with zero attached hydrogens (tertiary/aromatic N) is 2. The Hall–Kier alpha value is -2.26. The van der Waals surface area contributed by atoms with Gasteiger partial charge < -0.3 is 5.73 Å². The van der Waals surface area contributed by atoms with Crippen molar-refractivity contribution in [3.8, 4) is 0 Å². The zero-order valence-corrected chi connectivity index (χ0v) is 10.7. The summed E-state index contributed by atoms with van der Waals surface area (Å²) >= 11 is 0. The highest BCUT2D eigenvalue weighted by Crippen LogP contribution is 2.23. The minimum atomic E-state index is -0.203. The number of benzene rings is 1. The molecule has 0 fully saturated rings. The molecular weight excluding hydrogens is 234 g/mol. The van der Waals surface area contributed by atoms with E-state index in [1.54, 1.807) is 12.4 Å². The summed E-state index contributed by atoms with van der Waals surface area (Å²) in [5.74, 6) is 0. The van der Waals surface area contributed by atoms with Crippen LogP contribution >= 0.6 is 0 Å². The number of hydrogen-bond acceptors (Lipinski definition) is 3.